The zero-order valence-electron chi connectivity index (χ0n) is 9.82. The van der Waals surface area contributed by atoms with Gasteiger partial charge in [0.15, 0.2) is 0 Å². The number of carbonyl (C=O) groups is 1. The van der Waals surface area contributed by atoms with Crippen molar-refractivity contribution >= 4 is 11.9 Å². The molecule has 94 valence electrons. The molecule has 3 N–H and O–H groups in total. The molecule has 2 rings (SSSR count). The van der Waals surface area contributed by atoms with Gasteiger partial charge in [0, 0.05) is 13.0 Å². The molecule has 2 heterocycles. The molecule has 0 aromatic carbocycles. The number of carbonyl (C=O) groups excluding carboxylic acids is 1. The molecule has 0 saturated carbocycles. The van der Waals surface area contributed by atoms with Crippen LogP contribution in [0.4, 0.5) is 6.01 Å². The Morgan fingerprint density at radius 1 is 1.53 bits per heavy atom. The maximum atomic E-state index is 11.0. The number of nitrogens with one attached hydrogen (secondary N) is 3. The predicted octanol–water partition coefficient (Wildman–Crippen LogP) is -0.130. The summed E-state index contributed by atoms with van der Waals surface area (Å²) in [7, 11) is 0. The van der Waals surface area contributed by atoms with E-state index in [0.29, 0.717) is 31.4 Å². The Bertz CT molecular complexity index is 379. The number of hydrogen-bond acceptors (Lipinski definition) is 6. The van der Waals surface area contributed by atoms with Crippen molar-refractivity contribution in [2.45, 2.75) is 32.4 Å². The highest BCUT2D eigenvalue weighted by Gasteiger charge is 2.22. The second-order valence-corrected chi connectivity index (χ2v) is 4.03. The molecular formula is C10H17N5O2. The summed E-state index contributed by atoms with van der Waals surface area (Å²) in [6.07, 6.45) is 1.51. The summed E-state index contributed by atoms with van der Waals surface area (Å²) in [6, 6.07) is 0.416. The molecule has 1 aliphatic heterocycles. The second-order valence-electron chi connectivity index (χ2n) is 4.03. The van der Waals surface area contributed by atoms with Crippen molar-refractivity contribution in [3.8, 4) is 0 Å². The molecule has 17 heavy (non-hydrogen) atoms. The number of rotatable bonds is 6. The summed E-state index contributed by atoms with van der Waals surface area (Å²) in [6.45, 7) is 4.19. The molecule has 0 radical (unpaired) electrons. The first-order valence-corrected chi connectivity index (χ1v) is 5.84. The van der Waals surface area contributed by atoms with E-state index in [0.717, 1.165) is 13.0 Å². The standard InChI is InChI=1S/C10H17N5O2/c1-2-3-11-6-9-14-15-10(17-9)13-7-4-8(16)12-5-7/h7,11H,2-6H2,1H3,(H,12,16)(H,13,15). The first-order chi connectivity index (χ1) is 8.28. The fourth-order valence-corrected chi connectivity index (χ4v) is 1.64. The summed E-state index contributed by atoms with van der Waals surface area (Å²) in [5, 5.41) is 16.7. The van der Waals surface area contributed by atoms with E-state index in [9.17, 15) is 4.79 Å². The summed E-state index contributed by atoms with van der Waals surface area (Å²) < 4.78 is 5.39. The molecule has 7 nitrogen and oxygen atoms in total. The van der Waals surface area contributed by atoms with Crippen molar-refractivity contribution in [2.24, 2.45) is 0 Å². The lowest BCUT2D eigenvalue weighted by molar-refractivity contribution is -0.119. The zero-order valence-corrected chi connectivity index (χ0v) is 9.82. The highest BCUT2D eigenvalue weighted by Crippen LogP contribution is 2.10. The van der Waals surface area contributed by atoms with Gasteiger partial charge in [-0.05, 0) is 13.0 Å². The van der Waals surface area contributed by atoms with Crippen molar-refractivity contribution < 1.29 is 9.21 Å². The van der Waals surface area contributed by atoms with Crippen molar-refractivity contribution in [3.05, 3.63) is 5.89 Å². The van der Waals surface area contributed by atoms with Crippen molar-refractivity contribution in [3.63, 3.8) is 0 Å². The van der Waals surface area contributed by atoms with Crippen LogP contribution in [0.15, 0.2) is 4.42 Å². The van der Waals surface area contributed by atoms with E-state index in [1.165, 1.54) is 0 Å². The maximum Gasteiger partial charge on any atom is 0.315 e. The average molecular weight is 239 g/mol. The Hall–Kier alpha value is -1.63. The number of anilines is 1. The van der Waals surface area contributed by atoms with E-state index in [-0.39, 0.29) is 11.9 Å². The Kier molecular flexibility index (Phi) is 3.92. The largest absolute Gasteiger partial charge is 0.407 e. The van der Waals surface area contributed by atoms with Crippen LogP contribution < -0.4 is 16.0 Å². The van der Waals surface area contributed by atoms with Crippen molar-refractivity contribution in [2.75, 3.05) is 18.4 Å². The fraction of sp³-hybridized carbons (Fsp3) is 0.700. The van der Waals surface area contributed by atoms with Gasteiger partial charge in [-0.2, -0.15) is 0 Å². The van der Waals surface area contributed by atoms with Crippen LogP contribution in [-0.2, 0) is 11.3 Å². The fourth-order valence-electron chi connectivity index (χ4n) is 1.64. The normalized spacial score (nSPS) is 19.4. The van der Waals surface area contributed by atoms with Gasteiger partial charge in [0.25, 0.3) is 0 Å². The average Bonchev–Trinajstić information content (AvgIpc) is 2.90. The smallest absolute Gasteiger partial charge is 0.315 e. The van der Waals surface area contributed by atoms with Crippen LogP contribution >= 0.6 is 0 Å². The van der Waals surface area contributed by atoms with Crippen LogP contribution in [0, 0.1) is 0 Å². The van der Waals surface area contributed by atoms with E-state index in [2.05, 4.69) is 33.1 Å². The van der Waals surface area contributed by atoms with E-state index >= 15 is 0 Å². The van der Waals surface area contributed by atoms with Gasteiger partial charge >= 0.3 is 6.01 Å². The molecule has 1 atom stereocenters. The molecule has 1 aromatic heterocycles. The van der Waals surface area contributed by atoms with Crippen LogP contribution in [0.3, 0.4) is 0 Å². The van der Waals surface area contributed by atoms with Gasteiger partial charge in [-0.25, -0.2) is 0 Å². The molecule has 1 amide bonds. The van der Waals surface area contributed by atoms with Gasteiger partial charge in [0.05, 0.1) is 12.6 Å². The van der Waals surface area contributed by atoms with E-state index < -0.39 is 0 Å². The Balaban J connectivity index is 1.79. The molecule has 1 saturated heterocycles. The lowest BCUT2D eigenvalue weighted by Crippen LogP contribution is -2.22. The third-order valence-electron chi connectivity index (χ3n) is 2.47. The van der Waals surface area contributed by atoms with Crippen LogP contribution in [0.5, 0.6) is 0 Å². The van der Waals surface area contributed by atoms with E-state index in [4.69, 9.17) is 4.42 Å². The quantitative estimate of drug-likeness (QED) is 0.599. The monoisotopic (exact) mass is 239 g/mol. The molecule has 0 spiro atoms. The van der Waals surface area contributed by atoms with Crippen LogP contribution in [-0.4, -0.2) is 35.2 Å². The number of nitrogens with zero attached hydrogens (tertiary/aromatic N) is 2. The van der Waals surface area contributed by atoms with Gasteiger partial charge in [-0.3, -0.25) is 4.79 Å². The highest BCUT2D eigenvalue weighted by atomic mass is 16.4. The van der Waals surface area contributed by atoms with Crippen molar-refractivity contribution in [1.29, 1.82) is 0 Å². The van der Waals surface area contributed by atoms with Crippen LogP contribution in [0.2, 0.25) is 0 Å². The Morgan fingerprint density at radius 3 is 3.12 bits per heavy atom. The lowest BCUT2D eigenvalue weighted by atomic mass is 10.3. The SMILES string of the molecule is CCCNCc1nnc(NC2CNC(=O)C2)o1. The van der Waals surface area contributed by atoms with E-state index in [1.807, 2.05) is 0 Å². The highest BCUT2D eigenvalue weighted by molar-refractivity contribution is 5.79. The molecule has 1 aliphatic rings. The maximum absolute atomic E-state index is 11.0. The molecule has 1 unspecified atom stereocenters. The molecule has 0 aliphatic carbocycles. The van der Waals surface area contributed by atoms with Crippen LogP contribution in [0.1, 0.15) is 25.7 Å². The second kappa shape index (κ2) is 5.62. The molecular weight excluding hydrogens is 222 g/mol. The minimum absolute atomic E-state index is 0.0411. The number of amides is 1. The Morgan fingerprint density at radius 2 is 2.41 bits per heavy atom. The first kappa shape index (κ1) is 11.8. The van der Waals surface area contributed by atoms with Gasteiger partial charge in [0.1, 0.15) is 0 Å². The molecule has 1 aromatic rings. The summed E-state index contributed by atoms with van der Waals surface area (Å²) in [4.78, 5) is 11.0. The Labute approximate surface area is 99.4 Å². The zero-order chi connectivity index (χ0) is 12.1. The topological polar surface area (TPSA) is 92.1 Å². The summed E-state index contributed by atoms with van der Waals surface area (Å²) in [5.41, 5.74) is 0. The van der Waals surface area contributed by atoms with E-state index in [1.54, 1.807) is 0 Å². The van der Waals surface area contributed by atoms with Gasteiger partial charge < -0.3 is 20.4 Å². The lowest BCUT2D eigenvalue weighted by Gasteiger charge is -2.05. The van der Waals surface area contributed by atoms with Gasteiger partial charge in [0.2, 0.25) is 11.8 Å². The van der Waals surface area contributed by atoms with Gasteiger partial charge in [-0.15, -0.1) is 5.10 Å². The third-order valence-corrected chi connectivity index (χ3v) is 2.47. The van der Waals surface area contributed by atoms with Gasteiger partial charge in [-0.1, -0.05) is 12.0 Å². The minimum Gasteiger partial charge on any atom is -0.407 e. The molecule has 0 bridgehead atoms. The summed E-state index contributed by atoms with van der Waals surface area (Å²) >= 11 is 0. The predicted molar refractivity (Wildman–Crippen MR) is 61.3 cm³/mol. The number of aromatic nitrogens is 2. The number of hydrogen-bond donors (Lipinski definition) is 3. The molecule has 1 fully saturated rings. The minimum atomic E-state index is 0.0411. The third kappa shape index (κ3) is 3.42. The summed E-state index contributed by atoms with van der Waals surface area (Å²) in [5.74, 6) is 0.602. The van der Waals surface area contributed by atoms with Crippen LogP contribution in [0.25, 0.3) is 0 Å². The molecule has 7 heteroatoms. The van der Waals surface area contributed by atoms with Crippen molar-refractivity contribution in [1.82, 2.24) is 20.8 Å². The first-order valence-electron chi connectivity index (χ1n) is 5.84.